The Morgan fingerprint density at radius 3 is 2.57 bits per heavy atom. The predicted octanol–water partition coefficient (Wildman–Crippen LogP) is 8.51. The van der Waals surface area contributed by atoms with E-state index >= 15 is 0 Å². The number of rotatable bonds is 8. The van der Waals surface area contributed by atoms with Crippen molar-refractivity contribution in [3.63, 3.8) is 0 Å². The lowest BCUT2D eigenvalue weighted by molar-refractivity contribution is -0.144. The van der Waals surface area contributed by atoms with Gasteiger partial charge in [-0.3, -0.25) is 4.98 Å². The molecule has 3 aromatic rings. The molecule has 8 rings (SSSR count). The summed E-state index contributed by atoms with van der Waals surface area (Å²) in [4.78, 5) is 17.5. The molecule has 2 bridgehead atoms. The number of hydrogen-bond acceptors (Lipinski definition) is 4. The first-order chi connectivity index (χ1) is 20.4. The van der Waals surface area contributed by atoms with Crippen LogP contribution in [0.4, 0.5) is 5.69 Å². The Bertz CT molecular complexity index is 1470. The molecule has 2 N–H and O–H groups in total. The zero-order valence-electron chi connectivity index (χ0n) is 24.4. The lowest BCUT2D eigenvalue weighted by Gasteiger charge is -2.47. The summed E-state index contributed by atoms with van der Waals surface area (Å²) < 4.78 is 6.58. The summed E-state index contributed by atoms with van der Waals surface area (Å²) in [5.74, 6) is 2.35. The zero-order chi connectivity index (χ0) is 28.9. The maximum absolute atomic E-state index is 12.7. The van der Waals surface area contributed by atoms with E-state index in [4.69, 9.17) is 21.3 Å². The number of fused-ring (bicyclic) bond motifs is 4. The average Bonchev–Trinajstić information content (AvgIpc) is 3.30. The van der Waals surface area contributed by atoms with Gasteiger partial charge < -0.3 is 15.2 Å². The minimum absolute atomic E-state index is 0.00516. The van der Waals surface area contributed by atoms with Crippen LogP contribution in [0.25, 0.3) is 0 Å². The molecule has 1 spiro atoms. The number of pyridine rings is 1. The van der Waals surface area contributed by atoms with Crippen LogP contribution in [0.1, 0.15) is 98.9 Å². The fourth-order valence-corrected chi connectivity index (χ4v) is 9.17. The van der Waals surface area contributed by atoms with Crippen molar-refractivity contribution in [2.24, 2.45) is 11.8 Å². The molecule has 1 heterocycles. The molecule has 42 heavy (non-hydrogen) atoms. The van der Waals surface area contributed by atoms with Crippen molar-refractivity contribution < 1.29 is 14.6 Å². The molecule has 5 aliphatic carbocycles. The third-order valence-electron chi connectivity index (χ3n) is 11.1. The molecule has 0 amide bonds. The van der Waals surface area contributed by atoms with E-state index in [1.54, 1.807) is 0 Å². The third kappa shape index (κ3) is 4.78. The highest BCUT2D eigenvalue weighted by Gasteiger charge is 2.54. The van der Waals surface area contributed by atoms with E-state index in [2.05, 4.69) is 42.6 Å². The molecule has 0 aliphatic heterocycles. The van der Waals surface area contributed by atoms with Crippen LogP contribution in [0.5, 0.6) is 5.75 Å². The van der Waals surface area contributed by atoms with Gasteiger partial charge in [-0.1, -0.05) is 48.9 Å². The van der Waals surface area contributed by atoms with Gasteiger partial charge in [0.05, 0.1) is 12.3 Å². The van der Waals surface area contributed by atoms with Gasteiger partial charge in [-0.15, -0.1) is 0 Å². The number of anilines is 1. The number of carboxylic acid groups (broad SMARTS) is 1. The number of carboxylic acids is 1. The molecule has 2 atom stereocenters. The van der Waals surface area contributed by atoms with Crippen LogP contribution >= 0.6 is 11.6 Å². The summed E-state index contributed by atoms with van der Waals surface area (Å²) in [5, 5.41) is 14.4. The minimum Gasteiger partial charge on any atom is -0.493 e. The zero-order valence-corrected chi connectivity index (χ0v) is 25.2. The molecule has 2 aromatic carbocycles. The van der Waals surface area contributed by atoms with E-state index in [1.807, 2.05) is 30.5 Å². The first-order valence-electron chi connectivity index (χ1n) is 15.8. The molecule has 6 heteroatoms. The second-order valence-electron chi connectivity index (χ2n) is 13.5. The predicted molar refractivity (Wildman–Crippen MR) is 167 cm³/mol. The SMILES string of the molecule is C[C@@H](COc1ccnc2c1C1CCC2CC1)CC1Cc2ccccc2C12CCC(Nc1cccc(Cl)c1)(C(=O)O)CC2. The van der Waals surface area contributed by atoms with Crippen LogP contribution in [0, 0.1) is 11.8 Å². The van der Waals surface area contributed by atoms with Gasteiger partial charge in [0.15, 0.2) is 0 Å². The van der Waals surface area contributed by atoms with Gasteiger partial charge in [0, 0.05) is 28.4 Å². The van der Waals surface area contributed by atoms with E-state index in [1.165, 1.54) is 48.1 Å². The Balaban J connectivity index is 1.08. The maximum Gasteiger partial charge on any atom is 0.329 e. The number of ether oxygens (including phenoxy) is 1. The Labute approximate surface area is 254 Å². The number of benzene rings is 2. The summed E-state index contributed by atoms with van der Waals surface area (Å²) in [7, 11) is 0. The van der Waals surface area contributed by atoms with Crippen LogP contribution < -0.4 is 10.1 Å². The topological polar surface area (TPSA) is 71.5 Å². The average molecular weight is 585 g/mol. The summed E-state index contributed by atoms with van der Waals surface area (Å²) in [6.45, 7) is 3.02. The van der Waals surface area contributed by atoms with Crippen LogP contribution in [0.15, 0.2) is 60.8 Å². The molecule has 2 fully saturated rings. The second-order valence-corrected chi connectivity index (χ2v) is 14.0. The van der Waals surface area contributed by atoms with E-state index in [9.17, 15) is 9.90 Å². The first kappa shape index (κ1) is 27.8. The molecule has 0 radical (unpaired) electrons. The largest absolute Gasteiger partial charge is 0.493 e. The van der Waals surface area contributed by atoms with Gasteiger partial charge in [0.1, 0.15) is 11.3 Å². The van der Waals surface area contributed by atoms with Crippen molar-refractivity contribution >= 4 is 23.3 Å². The number of hydrogen-bond donors (Lipinski definition) is 2. The van der Waals surface area contributed by atoms with Crippen molar-refractivity contribution in [1.82, 2.24) is 4.98 Å². The summed E-state index contributed by atoms with van der Waals surface area (Å²) >= 11 is 6.22. The molecule has 5 nitrogen and oxygen atoms in total. The smallest absolute Gasteiger partial charge is 0.329 e. The van der Waals surface area contributed by atoms with E-state index < -0.39 is 11.5 Å². The van der Waals surface area contributed by atoms with Crippen LogP contribution in [-0.4, -0.2) is 28.2 Å². The first-order valence-corrected chi connectivity index (χ1v) is 16.2. The maximum atomic E-state index is 12.7. The Morgan fingerprint density at radius 2 is 1.81 bits per heavy atom. The van der Waals surface area contributed by atoms with Gasteiger partial charge in [0.25, 0.3) is 0 Å². The quantitative estimate of drug-likeness (QED) is 0.278. The summed E-state index contributed by atoms with van der Waals surface area (Å²) in [5.41, 5.74) is 5.32. The fraction of sp³-hybridized carbons (Fsp3) is 0.500. The summed E-state index contributed by atoms with van der Waals surface area (Å²) in [6.07, 6.45) is 12.0. The molecular formula is C36H41ClN2O3. The highest BCUT2D eigenvalue weighted by atomic mass is 35.5. The van der Waals surface area contributed by atoms with E-state index in [0.29, 0.717) is 48.1 Å². The minimum atomic E-state index is -0.993. The third-order valence-corrected chi connectivity index (χ3v) is 11.4. The highest BCUT2D eigenvalue weighted by molar-refractivity contribution is 6.30. The van der Waals surface area contributed by atoms with Crippen LogP contribution in [-0.2, 0) is 16.6 Å². The molecule has 1 unspecified atom stereocenters. The van der Waals surface area contributed by atoms with Crippen molar-refractivity contribution in [2.45, 2.75) is 93.9 Å². The number of halogens is 1. The lowest BCUT2D eigenvalue weighted by Crippen LogP contribution is -2.53. The highest BCUT2D eigenvalue weighted by Crippen LogP contribution is 2.56. The fourth-order valence-electron chi connectivity index (χ4n) is 8.98. The number of aromatic nitrogens is 1. The molecule has 2 saturated carbocycles. The Hall–Kier alpha value is -3.05. The second kappa shape index (κ2) is 10.9. The van der Waals surface area contributed by atoms with Crippen molar-refractivity contribution in [3.8, 4) is 5.75 Å². The van der Waals surface area contributed by atoms with Gasteiger partial charge in [-0.05, 0) is 123 Å². The standard InChI is InChI=1S/C36H41ClN2O3/c1-23(22-42-31-13-18-38-33-25-11-9-24(10-12-25)32(31)33)19-27-20-26-5-2-3-8-30(26)35(27)14-16-36(17-15-35,34(40)41)39-29-7-4-6-28(37)21-29/h2-8,13,18,21,23-25,27,39H,9-12,14-17,19-20,22H2,1H3,(H,40,41)/t23-,24?,25?,27?,35?,36?/m1/s1. The van der Waals surface area contributed by atoms with Crippen molar-refractivity contribution in [1.29, 1.82) is 0 Å². The van der Waals surface area contributed by atoms with Gasteiger partial charge in [-0.25, -0.2) is 4.79 Å². The molecular weight excluding hydrogens is 544 g/mol. The van der Waals surface area contributed by atoms with Crippen molar-refractivity contribution in [3.05, 3.63) is 88.2 Å². The normalized spacial score (nSPS) is 30.0. The van der Waals surface area contributed by atoms with E-state index in [0.717, 1.165) is 37.1 Å². The van der Waals surface area contributed by atoms with Crippen molar-refractivity contribution in [2.75, 3.05) is 11.9 Å². The van der Waals surface area contributed by atoms with Crippen LogP contribution in [0.3, 0.4) is 0 Å². The Morgan fingerprint density at radius 1 is 1.05 bits per heavy atom. The molecule has 1 aromatic heterocycles. The lowest BCUT2D eigenvalue weighted by atomic mass is 9.59. The number of nitrogens with one attached hydrogen (secondary N) is 1. The van der Waals surface area contributed by atoms with Gasteiger partial charge in [0.2, 0.25) is 0 Å². The molecule has 220 valence electrons. The molecule has 5 aliphatic rings. The van der Waals surface area contributed by atoms with Gasteiger partial charge >= 0.3 is 5.97 Å². The Kier molecular flexibility index (Phi) is 7.20. The number of nitrogens with zero attached hydrogens (tertiary/aromatic N) is 1. The summed E-state index contributed by atoms with van der Waals surface area (Å²) in [6, 6.07) is 18.4. The number of carbonyl (C=O) groups is 1. The molecule has 0 saturated heterocycles. The van der Waals surface area contributed by atoms with Crippen LogP contribution in [0.2, 0.25) is 5.02 Å². The monoisotopic (exact) mass is 584 g/mol. The van der Waals surface area contributed by atoms with E-state index in [-0.39, 0.29) is 5.41 Å². The number of aliphatic carboxylic acids is 1. The van der Waals surface area contributed by atoms with Gasteiger partial charge in [-0.2, -0.15) is 0 Å².